The fraction of sp³-hybridized carbons (Fsp3) is 0.500. The molecule has 0 unspecified atom stereocenters. The molecule has 3 atom stereocenters. The van der Waals surface area contributed by atoms with Crippen LogP contribution in [0.4, 0.5) is 11.5 Å². The summed E-state index contributed by atoms with van der Waals surface area (Å²) in [6.45, 7) is 0.214. The average Bonchev–Trinajstić information content (AvgIpc) is 2.53. The largest absolute Gasteiger partial charge is 0.394 e. The maximum atomic E-state index is 11.7. The van der Waals surface area contributed by atoms with Crippen LogP contribution in [0.15, 0.2) is 14.6 Å². The molecule has 0 aliphatic carbocycles. The lowest BCUT2D eigenvalue weighted by Crippen LogP contribution is -2.43. The van der Waals surface area contributed by atoms with Crippen LogP contribution in [0, 0.1) is 0 Å². The molecular formula is C12H18N4O7. The third kappa shape index (κ3) is 5.10. The molecule has 128 valence electrons. The van der Waals surface area contributed by atoms with Gasteiger partial charge in [-0.25, -0.2) is 9.79 Å². The first-order valence-corrected chi connectivity index (χ1v) is 6.56. The van der Waals surface area contributed by atoms with Gasteiger partial charge in [-0.15, -0.1) is 0 Å². The number of hydrogen-bond donors (Lipinski definition) is 7. The number of aromatic amines is 2. The number of nitrogens with zero attached hydrogens (tertiary/aromatic N) is 1. The molecule has 23 heavy (non-hydrogen) atoms. The van der Waals surface area contributed by atoms with Crippen LogP contribution in [0.3, 0.4) is 0 Å². The second-order valence-corrected chi connectivity index (χ2v) is 4.69. The SMILES string of the molecule is C/C(C=O)=N\c1c(NC[C@H](O)[C@H](O)[C@H](O)CO)[nH]c(=O)[nH]c1=O. The second kappa shape index (κ2) is 8.33. The van der Waals surface area contributed by atoms with Crippen molar-refractivity contribution in [3.63, 3.8) is 0 Å². The highest BCUT2D eigenvalue weighted by molar-refractivity contribution is 6.27. The van der Waals surface area contributed by atoms with Crippen molar-refractivity contribution in [2.45, 2.75) is 25.2 Å². The van der Waals surface area contributed by atoms with Gasteiger partial charge in [-0.2, -0.15) is 0 Å². The number of aromatic nitrogens is 2. The summed E-state index contributed by atoms with van der Waals surface area (Å²) in [4.78, 5) is 41.5. The first-order valence-electron chi connectivity index (χ1n) is 6.56. The van der Waals surface area contributed by atoms with E-state index in [1.54, 1.807) is 0 Å². The van der Waals surface area contributed by atoms with Crippen LogP contribution in [0.5, 0.6) is 0 Å². The Hall–Kier alpha value is -2.34. The van der Waals surface area contributed by atoms with Crippen molar-refractivity contribution in [2.24, 2.45) is 4.99 Å². The molecule has 0 fully saturated rings. The molecule has 0 saturated heterocycles. The summed E-state index contributed by atoms with van der Waals surface area (Å²) >= 11 is 0. The molecule has 1 aromatic heterocycles. The summed E-state index contributed by atoms with van der Waals surface area (Å²) in [6.07, 6.45) is -4.31. The number of aldehydes is 1. The van der Waals surface area contributed by atoms with E-state index in [1.807, 2.05) is 4.98 Å². The number of aliphatic imine (C=N–C) groups is 1. The number of carbonyl (C=O) groups excluding carboxylic acids is 1. The van der Waals surface area contributed by atoms with Gasteiger partial charge in [0.15, 0.2) is 12.0 Å². The highest BCUT2D eigenvalue weighted by Crippen LogP contribution is 2.15. The van der Waals surface area contributed by atoms with Crippen molar-refractivity contribution in [1.29, 1.82) is 0 Å². The number of H-pyrrole nitrogens is 2. The van der Waals surface area contributed by atoms with Crippen molar-refractivity contribution in [1.82, 2.24) is 9.97 Å². The Balaban J connectivity index is 3.02. The molecule has 11 heteroatoms. The van der Waals surface area contributed by atoms with E-state index in [0.717, 1.165) is 0 Å². The molecule has 7 N–H and O–H groups in total. The van der Waals surface area contributed by atoms with Gasteiger partial charge in [0.25, 0.3) is 5.56 Å². The van der Waals surface area contributed by atoms with E-state index in [-0.39, 0.29) is 23.8 Å². The molecule has 0 spiro atoms. The average molecular weight is 330 g/mol. The number of aliphatic hydroxyl groups excluding tert-OH is 4. The fourth-order valence-corrected chi connectivity index (χ4v) is 1.61. The third-order valence-electron chi connectivity index (χ3n) is 2.84. The molecule has 0 saturated carbocycles. The van der Waals surface area contributed by atoms with E-state index >= 15 is 0 Å². The fourth-order valence-electron chi connectivity index (χ4n) is 1.61. The van der Waals surface area contributed by atoms with E-state index in [4.69, 9.17) is 5.11 Å². The van der Waals surface area contributed by atoms with E-state index in [1.165, 1.54) is 6.92 Å². The van der Waals surface area contributed by atoms with Crippen LogP contribution in [0.2, 0.25) is 0 Å². The van der Waals surface area contributed by atoms with Crippen LogP contribution in [0.25, 0.3) is 0 Å². The zero-order valence-corrected chi connectivity index (χ0v) is 12.2. The lowest BCUT2D eigenvalue weighted by atomic mass is 10.1. The van der Waals surface area contributed by atoms with Gasteiger partial charge in [-0.05, 0) is 6.92 Å². The molecule has 1 rings (SSSR count). The lowest BCUT2D eigenvalue weighted by Gasteiger charge is -2.22. The quantitative estimate of drug-likeness (QED) is 0.192. The number of aliphatic hydroxyl groups is 4. The van der Waals surface area contributed by atoms with Crippen LogP contribution in [-0.4, -0.2) is 73.9 Å². The molecule has 0 radical (unpaired) electrons. The first kappa shape index (κ1) is 18.7. The number of hydrogen-bond acceptors (Lipinski definition) is 9. The van der Waals surface area contributed by atoms with Crippen LogP contribution in [0.1, 0.15) is 6.92 Å². The number of rotatable bonds is 8. The van der Waals surface area contributed by atoms with Gasteiger partial charge in [0.1, 0.15) is 18.0 Å². The monoisotopic (exact) mass is 330 g/mol. The van der Waals surface area contributed by atoms with Crippen molar-refractivity contribution < 1.29 is 25.2 Å². The minimum Gasteiger partial charge on any atom is -0.394 e. The minimum atomic E-state index is -1.65. The number of anilines is 1. The molecule has 0 bridgehead atoms. The Labute approximate surface area is 129 Å². The summed E-state index contributed by atoms with van der Waals surface area (Å²) in [5.74, 6) is -0.176. The molecular weight excluding hydrogens is 312 g/mol. The topological polar surface area (TPSA) is 188 Å². The maximum Gasteiger partial charge on any atom is 0.327 e. The third-order valence-corrected chi connectivity index (χ3v) is 2.84. The Morgan fingerprint density at radius 1 is 1.26 bits per heavy atom. The number of nitrogens with one attached hydrogen (secondary N) is 3. The zero-order valence-electron chi connectivity index (χ0n) is 12.2. The molecule has 1 aromatic rings. The van der Waals surface area contributed by atoms with Crippen molar-refractivity contribution in [2.75, 3.05) is 18.5 Å². The highest BCUT2D eigenvalue weighted by atomic mass is 16.4. The van der Waals surface area contributed by atoms with Crippen LogP contribution >= 0.6 is 0 Å². The normalized spacial score (nSPS) is 15.8. The van der Waals surface area contributed by atoms with Gasteiger partial charge in [-0.3, -0.25) is 19.6 Å². The predicted octanol–water partition coefficient (Wildman–Crippen LogP) is -3.16. The van der Waals surface area contributed by atoms with E-state index in [0.29, 0.717) is 6.29 Å². The Kier molecular flexibility index (Phi) is 6.78. The van der Waals surface area contributed by atoms with E-state index < -0.39 is 36.2 Å². The van der Waals surface area contributed by atoms with Crippen molar-refractivity contribution in [3.05, 3.63) is 20.8 Å². The zero-order chi connectivity index (χ0) is 17.6. The van der Waals surface area contributed by atoms with E-state index in [9.17, 15) is 29.7 Å². The maximum absolute atomic E-state index is 11.7. The van der Waals surface area contributed by atoms with Crippen LogP contribution < -0.4 is 16.6 Å². The summed E-state index contributed by atoms with van der Waals surface area (Å²) in [5.41, 5.74) is -2.02. The lowest BCUT2D eigenvalue weighted by molar-refractivity contribution is -0.102. The van der Waals surface area contributed by atoms with Gasteiger partial charge < -0.3 is 25.7 Å². The van der Waals surface area contributed by atoms with Gasteiger partial charge in [0, 0.05) is 6.54 Å². The molecule has 0 aliphatic rings. The smallest absolute Gasteiger partial charge is 0.327 e. The van der Waals surface area contributed by atoms with Gasteiger partial charge in [-0.1, -0.05) is 0 Å². The summed E-state index contributed by atoms with van der Waals surface area (Å²) in [5, 5.41) is 39.6. The summed E-state index contributed by atoms with van der Waals surface area (Å²) in [6, 6.07) is 0. The van der Waals surface area contributed by atoms with Crippen molar-refractivity contribution >= 4 is 23.5 Å². The second-order valence-electron chi connectivity index (χ2n) is 4.69. The summed E-state index contributed by atoms with van der Waals surface area (Å²) in [7, 11) is 0. The van der Waals surface area contributed by atoms with Crippen molar-refractivity contribution in [3.8, 4) is 0 Å². The number of carbonyl (C=O) groups is 1. The molecule has 0 aromatic carbocycles. The Morgan fingerprint density at radius 3 is 2.48 bits per heavy atom. The highest BCUT2D eigenvalue weighted by Gasteiger charge is 2.24. The van der Waals surface area contributed by atoms with Gasteiger partial charge >= 0.3 is 5.69 Å². The molecule has 0 aliphatic heterocycles. The summed E-state index contributed by atoms with van der Waals surface area (Å²) < 4.78 is 0. The molecule has 1 heterocycles. The van der Waals surface area contributed by atoms with Crippen LogP contribution in [-0.2, 0) is 4.79 Å². The van der Waals surface area contributed by atoms with E-state index in [2.05, 4.69) is 15.3 Å². The predicted molar refractivity (Wildman–Crippen MR) is 80.1 cm³/mol. The first-order chi connectivity index (χ1) is 10.8. The van der Waals surface area contributed by atoms with Gasteiger partial charge in [0.2, 0.25) is 0 Å². The Bertz CT molecular complexity index is 681. The molecule has 0 amide bonds. The Morgan fingerprint density at radius 2 is 1.91 bits per heavy atom. The molecule has 11 nitrogen and oxygen atoms in total. The standard InChI is InChI=1S/C12H18N4O7/c1-5(3-17)14-8-10(15-12(23)16-11(8)22)13-2-6(19)9(21)7(20)4-18/h3,6-7,9,18-21H,2,4H2,1H3,(H3,13,15,16,22,23)/b14-5+/t6-,7+,9-/m0/s1. The minimum absolute atomic E-state index is 0.0260. The van der Waals surface area contributed by atoms with Gasteiger partial charge in [0.05, 0.1) is 18.4 Å².